The maximum atomic E-state index is 4.24. The molecule has 1 saturated heterocycles. The minimum Gasteiger partial charge on any atom is -0.368 e. The molecule has 0 bridgehead atoms. The Morgan fingerprint density at radius 1 is 1.56 bits per heavy atom. The van der Waals surface area contributed by atoms with E-state index in [9.17, 15) is 0 Å². The first kappa shape index (κ1) is 11.4. The third kappa shape index (κ3) is 2.53. The monoisotopic (exact) mass is 219 g/mol. The van der Waals surface area contributed by atoms with Crippen LogP contribution in [0.15, 0.2) is 18.5 Å². The average molecular weight is 219 g/mol. The number of hydrogen-bond donors (Lipinski definition) is 1. The summed E-state index contributed by atoms with van der Waals surface area (Å²) in [5, 5.41) is 3.59. The zero-order valence-corrected chi connectivity index (χ0v) is 10.2. The first-order chi connectivity index (χ1) is 7.81. The molecule has 1 aliphatic heterocycles. The molecule has 16 heavy (non-hydrogen) atoms. The van der Waals surface area contributed by atoms with Gasteiger partial charge in [0, 0.05) is 25.3 Å². The fraction of sp³-hybridized carbons (Fsp3) is 0.615. The topological polar surface area (TPSA) is 28.2 Å². The first-order valence-corrected chi connectivity index (χ1v) is 6.20. The van der Waals surface area contributed by atoms with Gasteiger partial charge in [-0.25, -0.2) is 0 Å². The lowest BCUT2D eigenvalue weighted by Crippen LogP contribution is -2.37. The van der Waals surface area contributed by atoms with Crippen LogP contribution in [0.1, 0.15) is 25.3 Å². The summed E-state index contributed by atoms with van der Waals surface area (Å²) in [6, 6.07) is 2.70. The summed E-state index contributed by atoms with van der Waals surface area (Å²) in [6.45, 7) is 7.78. The molecule has 1 fully saturated rings. The van der Waals surface area contributed by atoms with Gasteiger partial charge in [0.05, 0.1) is 11.9 Å². The van der Waals surface area contributed by atoms with Crippen molar-refractivity contribution in [3.05, 3.63) is 24.0 Å². The van der Waals surface area contributed by atoms with Gasteiger partial charge in [-0.15, -0.1) is 0 Å². The Bertz CT molecular complexity index is 338. The van der Waals surface area contributed by atoms with E-state index >= 15 is 0 Å². The van der Waals surface area contributed by atoms with Gasteiger partial charge in [0.1, 0.15) is 0 Å². The molecule has 3 heteroatoms. The van der Waals surface area contributed by atoms with Crippen molar-refractivity contribution < 1.29 is 0 Å². The van der Waals surface area contributed by atoms with Gasteiger partial charge in [-0.1, -0.05) is 6.92 Å². The van der Waals surface area contributed by atoms with Gasteiger partial charge in [0.25, 0.3) is 0 Å². The molecule has 0 spiro atoms. The number of nitrogens with one attached hydrogen (secondary N) is 1. The normalized spacial score (nSPS) is 21.9. The Labute approximate surface area is 97.9 Å². The van der Waals surface area contributed by atoms with Gasteiger partial charge < -0.3 is 10.2 Å². The molecule has 3 nitrogen and oxygen atoms in total. The second-order valence-electron chi connectivity index (χ2n) is 4.52. The van der Waals surface area contributed by atoms with E-state index in [0.29, 0.717) is 6.04 Å². The maximum absolute atomic E-state index is 4.24. The highest BCUT2D eigenvalue weighted by molar-refractivity contribution is 5.51. The van der Waals surface area contributed by atoms with Crippen molar-refractivity contribution in [1.82, 2.24) is 10.3 Å². The quantitative estimate of drug-likeness (QED) is 0.824. The van der Waals surface area contributed by atoms with Crippen LogP contribution in [0.5, 0.6) is 0 Å². The summed E-state index contributed by atoms with van der Waals surface area (Å²) in [4.78, 5) is 6.71. The van der Waals surface area contributed by atoms with Crippen molar-refractivity contribution in [1.29, 1.82) is 0 Å². The molecule has 1 aromatic heterocycles. The highest BCUT2D eigenvalue weighted by Gasteiger charge is 2.17. The van der Waals surface area contributed by atoms with Crippen molar-refractivity contribution in [3.63, 3.8) is 0 Å². The van der Waals surface area contributed by atoms with Gasteiger partial charge in [-0.3, -0.25) is 4.98 Å². The van der Waals surface area contributed by atoms with Crippen LogP contribution >= 0.6 is 0 Å². The zero-order valence-electron chi connectivity index (χ0n) is 10.2. The second-order valence-corrected chi connectivity index (χ2v) is 4.52. The lowest BCUT2D eigenvalue weighted by atomic mass is 10.2. The molecule has 1 atom stereocenters. The highest BCUT2D eigenvalue weighted by Crippen LogP contribution is 2.20. The van der Waals surface area contributed by atoms with Crippen LogP contribution in [0, 0.1) is 6.92 Å². The van der Waals surface area contributed by atoms with E-state index in [-0.39, 0.29) is 0 Å². The molecule has 2 heterocycles. The Morgan fingerprint density at radius 3 is 3.19 bits per heavy atom. The van der Waals surface area contributed by atoms with Crippen molar-refractivity contribution in [3.8, 4) is 0 Å². The van der Waals surface area contributed by atoms with Crippen LogP contribution < -0.4 is 10.2 Å². The Morgan fingerprint density at radius 2 is 2.44 bits per heavy atom. The Kier molecular flexibility index (Phi) is 3.78. The molecule has 1 N–H and O–H groups in total. The van der Waals surface area contributed by atoms with Crippen LogP contribution in [0.3, 0.4) is 0 Å². The summed E-state index contributed by atoms with van der Waals surface area (Å²) < 4.78 is 0. The largest absolute Gasteiger partial charge is 0.368 e. The van der Waals surface area contributed by atoms with E-state index in [1.54, 1.807) is 0 Å². The predicted octanol–water partition coefficient (Wildman–Crippen LogP) is 1.97. The minimum absolute atomic E-state index is 0.613. The summed E-state index contributed by atoms with van der Waals surface area (Å²) in [7, 11) is 0. The molecule has 0 aromatic carbocycles. The van der Waals surface area contributed by atoms with E-state index in [4.69, 9.17) is 0 Å². The SMILES string of the molecule is CCC1CN(c2cnccc2C)CCCN1. The molecule has 1 aliphatic rings. The van der Waals surface area contributed by atoms with Crippen molar-refractivity contribution in [2.45, 2.75) is 32.7 Å². The van der Waals surface area contributed by atoms with Crippen LogP contribution in [-0.4, -0.2) is 30.7 Å². The molecule has 0 aliphatic carbocycles. The third-order valence-electron chi connectivity index (χ3n) is 3.32. The Hall–Kier alpha value is -1.09. The summed E-state index contributed by atoms with van der Waals surface area (Å²) in [5.41, 5.74) is 2.62. The third-order valence-corrected chi connectivity index (χ3v) is 3.32. The molecule has 2 rings (SSSR count). The molecule has 0 saturated carbocycles. The average Bonchev–Trinajstić information content (AvgIpc) is 2.55. The predicted molar refractivity (Wildman–Crippen MR) is 67.9 cm³/mol. The van der Waals surface area contributed by atoms with E-state index in [1.807, 2.05) is 12.4 Å². The molecule has 0 amide bonds. The van der Waals surface area contributed by atoms with Crippen molar-refractivity contribution in [2.75, 3.05) is 24.5 Å². The number of nitrogens with zero attached hydrogens (tertiary/aromatic N) is 2. The first-order valence-electron chi connectivity index (χ1n) is 6.20. The molecule has 1 unspecified atom stereocenters. The van der Waals surface area contributed by atoms with E-state index < -0.39 is 0 Å². The van der Waals surface area contributed by atoms with Gasteiger partial charge in [0.15, 0.2) is 0 Å². The van der Waals surface area contributed by atoms with Gasteiger partial charge in [-0.2, -0.15) is 0 Å². The second kappa shape index (κ2) is 5.30. The summed E-state index contributed by atoms with van der Waals surface area (Å²) in [5.74, 6) is 0. The lowest BCUT2D eigenvalue weighted by Gasteiger charge is -2.26. The van der Waals surface area contributed by atoms with E-state index in [2.05, 4.69) is 35.1 Å². The number of hydrogen-bond acceptors (Lipinski definition) is 3. The Balaban J connectivity index is 2.16. The standard InChI is InChI=1S/C13H21N3/c1-3-12-10-16(8-4-6-15-12)13-9-14-7-5-11(13)2/h5,7,9,12,15H,3-4,6,8,10H2,1-2H3. The lowest BCUT2D eigenvalue weighted by molar-refractivity contribution is 0.528. The fourth-order valence-corrected chi connectivity index (χ4v) is 2.28. The van der Waals surface area contributed by atoms with Gasteiger partial charge in [-0.05, 0) is 37.9 Å². The van der Waals surface area contributed by atoms with Crippen LogP contribution in [0.2, 0.25) is 0 Å². The maximum Gasteiger partial charge on any atom is 0.0582 e. The van der Waals surface area contributed by atoms with Gasteiger partial charge in [0.2, 0.25) is 0 Å². The van der Waals surface area contributed by atoms with Crippen LogP contribution in [-0.2, 0) is 0 Å². The van der Waals surface area contributed by atoms with Crippen molar-refractivity contribution >= 4 is 5.69 Å². The molecular formula is C13H21N3. The summed E-state index contributed by atoms with van der Waals surface area (Å²) in [6.07, 6.45) is 6.26. The number of aryl methyl sites for hydroxylation is 1. The molecule has 1 aromatic rings. The minimum atomic E-state index is 0.613. The number of anilines is 1. The number of aromatic nitrogens is 1. The molecule has 0 radical (unpaired) electrons. The smallest absolute Gasteiger partial charge is 0.0582 e. The zero-order chi connectivity index (χ0) is 11.4. The number of pyridine rings is 1. The number of rotatable bonds is 2. The van der Waals surface area contributed by atoms with Crippen LogP contribution in [0.4, 0.5) is 5.69 Å². The fourth-order valence-electron chi connectivity index (χ4n) is 2.28. The van der Waals surface area contributed by atoms with E-state index in [1.165, 1.54) is 24.1 Å². The molecule has 88 valence electrons. The summed E-state index contributed by atoms with van der Waals surface area (Å²) >= 11 is 0. The van der Waals surface area contributed by atoms with Crippen molar-refractivity contribution in [2.24, 2.45) is 0 Å². The van der Waals surface area contributed by atoms with Gasteiger partial charge >= 0.3 is 0 Å². The van der Waals surface area contributed by atoms with Crippen LogP contribution in [0.25, 0.3) is 0 Å². The highest BCUT2D eigenvalue weighted by atomic mass is 15.2. The van der Waals surface area contributed by atoms with E-state index in [0.717, 1.165) is 19.6 Å². The molecular weight excluding hydrogens is 198 g/mol.